The summed E-state index contributed by atoms with van der Waals surface area (Å²) >= 11 is 2.25. The van der Waals surface area contributed by atoms with Crippen LogP contribution in [0.3, 0.4) is 0 Å². The Hall–Kier alpha value is 0.270. The number of hydrogen-bond donors (Lipinski definition) is 1. The highest BCUT2D eigenvalue weighted by atomic mass is 32.2. The summed E-state index contributed by atoms with van der Waals surface area (Å²) in [6.45, 7) is 1.30. The van der Waals surface area contributed by atoms with E-state index in [1.807, 2.05) is 0 Å². The fourth-order valence-corrected chi connectivity index (χ4v) is 5.44. The van der Waals surface area contributed by atoms with Crippen molar-refractivity contribution in [1.29, 1.82) is 0 Å². The van der Waals surface area contributed by atoms with Crippen LogP contribution in [-0.4, -0.2) is 41.2 Å². The number of likely N-dealkylation sites (tertiary alicyclic amines) is 1. The van der Waals surface area contributed by atoms with Crippen LogP contribution in [0.1, 0.15) is 44.9 Å². The van der Waals surface area contributed by atoms with E-state index in [-0.39, 0.29) is 0 Å². The smallest absolute Gasteiger partial charge is 0.0695 e. The molecule has 92 valence electrons. The molecule has 2 heterocycles. The summed E-state index contributed by atoms with van der Waals surface area (Å²) in [5, 5.41) is 5.56. The predicted molar refractivity (Wildman–Crippen MR) is 70.8 cm³/mol. The van der Waals surface area contributed by atoms with Gasteiger partial charge in [0.15, 0.2) is 0 Å². The van der Waals surface area contributed by atoms with Crippen molar-refractivity contribution in [3.05, 3.63) is 0 Å². The zero-order valence-corrected chi connectivity index (χ0v) is 11.1. The van der Waals surface area contributed by atoms with Gasteiger partial charge in [0.05, 0.1) is 5.37 Å². The molecular weight excluding hydrogens is 216 g/mol. The maximum absolute atomic E-state index is 3.91. The monoisotopic (exact) mass is 240 g/mol. The Morgan fingerprint density at radius 1 is 1.06 bits per heavy atom. The second-order valence-electron chi connectivity index (χ2n) is 5.70. The Bertz CT molecular complexity index is 232. The van der Waals surface area contributed by atoms with Gasteiger partial charge < -0.3 is 10.2 Å². The van der Waals surface area contributed by atoms with Crippen LogP contribution in [0.2, 0.25) is 0 Å². The number of rotatable bonds is 1. The maximum atomic E-state index is 3.91. The van der Waals surface area contributed by atoms with E-state index in [1.165, 1.54) is 51.5 Å². The summed E-state index contributed by atoms with van der Waals surface area (Å²) in [5.41, 5.74) is 0. The minimum absolute atomic E-state index is 0.721. The van der Waals surface area contributed by atoms with E-state index >= 15 is 0 Å². The Morgan fingerprint density at radius 3 is 2.69 bits per heavy atom. The van der Waals surface area contributed by atoms with Gasteiger partial charge in [-0.05, 0) is 39.3 Å². The molecule has 2 nitrogen and oxygen atoms in total. The Balaban J connectivity index is 1.63. The van der Waals surface area contributed by atoms with Crippen LogP contribution in [0.5, 0.6) is 0 Å². The molecule has 4 unspecified atom stereocenters. The van der Waals surface area contributed by atoms with Gasteiger partial charge in [-0.25, -0.2) is 0 Å². The van der Waals surface area contributed by atoms with Crippen molar-refractivity contribution in [3.8, 4) is 0 Å². The standard InChI is InChI=1S/C13H24N2S/c1-15-9-5-4-7-11(15)13-14-10-6-2-3-8-12(10)16-13/h10-14H,2-9H2,1H3. The zero-order valence-electron chi connectivity index (χ0n) is 10.3. The van der Waals surface area contributed by atoms with Gasteiger partial charge >= 0.3 is 0 Å². The lowest BCUT2D eigenvalue weighted by Crippen LogP contribution is -2.48. The molecule has 4 atom stereocenters. The number of likely N-dealkylation sites (N-methyl/N-ethyl adjacent to an activating group) is 1. The third-order valence-corrected chi connectivity index (χ3v) is 6.24. The molecular formula is C13H24N2S. The molecule has 0 spiro atoms. The van der Waals surface area contributed by atoms with E-state index in [0.29, 0.717) is 0 Å². The predicted octanol–water partition coefficient (Wildman–Crippen LogP) is 2.44. The fraction of sp³-hybridized carbons (Fsp3) is 1.00. The van der Waals surface area contributed by atoms with Gasteiger partial charge in [-0.2, -0.15) is 0 Å². The Morgan fingerprint density at radius 2 is 1.88 bits per heavy atom. The number of thioether (sulfide) groups is 1. The van der Waals surface area contributed by atoms with Crippen molar-refractivity contribution in [2.45, 2.75) is 67.7 Å². The molecule has 3 aliphatic rings. The van der Waals surface area contributed by atoms with Crippen LogP contribution < -0.4 is 5.32 Å². The zero-order chi connectivity index (χ0) is 11.0. The average Bonchev–Trinajstić information content (AvgIpc) is 2.73. The van der Waals surface area contributed by atoms with Crippen molar-refractivity contribution < 1.29 is 0 Å². The second kappa shape index (κ2) is 4.87. The van der Waals surface area contributed by atoms with Gasteiger partial charge in [0.2, 0.25) is 0 Å². The molecule has 0 radical (unpaired) electrons. The molecule has 16 heavy (non-hydrogen) atoms. The average molecular weight is 240 g/mol. The first-order chi connectivity index (χ1) is 7.84. The van der Waals surface area contributed by atoms with Crippen LogP contribution in [0.4, 0.5) is 0 Å². The molecule has 3 heteroatoms. The molecule has 0 aromatic carbocycles. The summed E-state index contributed by atoms with van der Waals surface area (Å²) in [4.78, 5) is 2.59. The first kappa shape index (κ1) is 11.4. The van der Waals surface area contributed by atoms with Crippen molar-refractivity contribution >= 4 is 11.8 Å². The van der Waals surface area contributed by atoms with Crippen molar-refractivity contribution in [2.75, 3.05) is 13.6 Å². The van der Waals surface area contributed by atoms with Crippen LogP contribution in [0, 0.1) is 0 Å². The van der Waals surface area contributed by atoms with Crippen LogP contribution >= 0.6 is 11.8 Å². The van der Waals surface area contributed by atoms with Crippen LogP contribution in [0.25, 0.3) is 0 Å². The number of hydrogen-bond acceptors (Lipinski definition) is 3. The lowest BCUT2D eigenvalue weighted by atomic mass is 9.94. The van der Waals surface area contributed by atoms with Crippen LogP contribution in [0.15, 0.2) is 0 Å². The number of nitrogens with one attached hydrogen (secondary N) is 1. The van der Waals surface area contributed by atoms with Crippen molar-refractivity contribution in [1.82, 2.24) is 10.2 Å². The Labute approximate surface area is 104 Å². The molecule has 2 saturated heterocycles. The van der Waals surface area contributed by atoms with Crippen LogP contribution in [-0.2, 0) is 0 Å². The quantitative estimate of drug-likeness (QED) is 0.758. The summed E-state index contributed by atoms with van der Waals surface area (Å²) in [6, 6.07) is 1.63. The molecule has 0 aromatic heterocycles. The first-order valence-corrected chi connectivity index (χ1v) is 7.90. The van der Waals surface area contributed by atoms with Gasteiger partial charge in [0.1, 0.15) is 0 Å². The highest BCUT2D eigenvalue weighted by Gasteiger charge is 2.40. The van der Waals surface area contributed by atoms with E-state index in [9.17, 15) is 0 Å². The lowest BCUT2D eigenvalue weighted by Gasteiger charge is -2.36. The second-order valence-corrected chi connectivity index (χ2v) is 7.08. The number of nitrogens with zero attached hydrogens (tertiary/aromatic N) is 1. The van der Waals surface area contributed by atoms with E-state index < -0.39 is 0 Å². The van der Waals surface area contributed by atoms with Gasteiger partial charge in [0, 0.05) is 17.3 Å². The van der Waals surface area contributed by atoms with Crippen molar-refractivity contribution in [2.24, 2.45) is 0 Å². The van der Waals surface area contributed by atoms with E-state index in [0.717, 1.165) is 22.7 Å². The largest absolute Gasteiger partial charge is 0.301 e. The van der Waals surface area contributed by atoms with Gasteiger partial charge in [0.25, 0.3) is 0 Å². The van der Waals surface area contributed by atoms with Crippen molar-refractivity contribution in [3.63, 3.8) is 0 Å². The van der Waals surface area contributed by atoms with Gasteiger partial charge in [-0.15, -0.1) is 11.8 Å². The fourth-order valence-electron chi connectivity index (χ4n) is 3.57. The highest BCUT2D eigenvalue weighted by molar-refractivity contribution is 8.00. The van der Waals surface area contributed by atoms with E-state index in [2.05, 4.69) is 29.0 Å². The molecule has 0 bridgehead atoms. The normalized spacial score (nSPS) is 45.6. The lowest BCUT2D eigenvalue weighted by molar-refractivity contribution is 0.169. The maximum Gasteiger partial charge on any atom is 0.0695 e. The minimum atomic E-state index is 0.721. The van der Waals surface area contributed by atoms with Gasteiger partial charge in [-0.1, -0.05) is 19.3 Å². The summed E-state index contributed by atoms with van der Waals surface area (Å²) in [5.74, 6) is 0. The third kappa shape index (κ3) is 2.14. The van der Waals surface area contributed by atoms with E-state index in [1.54, 1.807) is 0 Å². The Kier molecular flexibility index (Phi) is 3.46. The summed E-state index contributed by atoms with van der Waals surface area (Å²) in [7, 11) is 2.31. The highest BCUT2D eigenvalue weighted by Crippen LogP contribution is 2.40. The summed E-state index contributed by atoms with van der Waals surface area (Å²) in [6.07, 6.45) is 10.0. The molecule has 1 saturated carbocycles. The third-order valence-electron chi connectivity index (χ3n) is 4.58. The minimum Gasteiger partial charge on any atom is -0.301 e. The summed E-state index contributed by atoms with van der Waals surface area (Å²) < 4.78 is 0. The first-order valence-electron chi connectivity index (χ1n) is 6.96. The topological polar surface area (TPSA) is 15.3 Å². The van der Waals surface area contributed by atoms with Gasteiger partial charge in [-0.3, -0.25) is 0 Å². The molecule has 1 N–H and O–H groups in total. The number of fused-ring (bicyclic) bond motifs is 1. The molecule has 3 rings (SSSR count). The molecule has 0 aromatic rings. The molecule has 0 amide bonds. The number of piperidine rings is 1. The molecule has 1 aliphatic carbocycles. The van der Waals surface area contributed by atoms with E-state index in [4.69, 9.17) is 0 Å². The SMILES string of the molecule is CN1CCCCC1C1NC2CCCCC2S1. The molecule has 2 aliphatic heterocycles. The molecule has 3 fully saturated rings.